The van der Waals surface area contributed by atoms with Crippen LogP contribution in [0, 0.1) is 6.92 Å². The average molecular weight is 301 g/mol. The Hall–Kier alpha value is -1.53. The Morgan fingerprint density at radius 2 is 1.80 bits per heavy atom. The zero-order valence-corrected chi connectivity index (χ0v) is 11.6. The Kier molecular flexibility index (Phi) is 4.35. The molecule has 6 heteroatoms. The van der Waals surface area contributed by atoms with E-state index in [2.05, 4.69) is 0 Å². The molecule has 0 amide bonds. The van der Waals surface area contributed by atoms with Crippen LogP contribution in [0.1, 0.15) is 21.4 Å². The van der Waals surface area contributed by atoms with Crippen LogP contribution in [0.4, 0.5) is 13.2 Å². The molecule has 0 saturated heterocycles. The Morgan fingerprint density at radius 1 is 1.15 bits per heavy atom. The number of rotatable bonds is 4. The summed E-state index contributed by atoms with van der Waals surface area (Å²) in [5, 5.41) is 0. The summed E-state index contributed by atoms with van der Waals surface area (Å²) < 4.78 is 43.0. The van der Waals surface area contributed by atoms with Crippen molar-refractivity contribution in [2.45, 2.75) is 19.2 Å². The molecule has 1 unspecified atom stereocenters. The molecule has 108 valence electrons. The molecule has 0 aliphatic heterocycles. The van der Waals surface area contributed by atoms with Crippen LogP contribution in [0.25, 0.3) is 0 Å². The molecular formula is C14H14F3NOS. The van der Waals surface area contributed by atoms with Gasteiger partial charge >= 0.3 is 6.18 Å². The van der Waals surface area contributed by atoms with Gasteiger partial charge in [0.15, 0.2) is 0 Å². The van der Waals surface area contributed by atoms with Gasteiger partial charge in [-0.15, -0.1) is 11.3 Å². The van der Waals surface area contributed by atoms with E-state index in [9.17, 15) is 13.2 Å². The van der Waals surface area contributed by atoms with Crippen LogP contribution < -0.4 is 10.5 Å². The van der Waals surface area contributed by atoms with E-state index in [1.165, 1.54) is 12.1 Å². The van der Waals surface area contributed by atoms with Crippen molar-refractivity contribution in [3.8, 4) is 5.75 Å². The van der Waals surface area contributed by atoms with Gasteiger partial charge in [-0.2, -0.15) is 13.2 Å². The summed E-state index contributed by atoms with van der Waals surface area (Å²) in [6.07, 6.45) is -4.68. The van der Waals surface area contributed by atoms with Gasteiger partial charge in [-0.25, -0.2) is 0 Å². The number of nitrogens with two attached hydrogens (primary N) is 1. The highest BCUT2D eigenvalue weighted by Gasteiger charge is 2.30. The normalized spacial score (nSPS) is 13.2. The van der Waals surface area contributed by atoms with Gasteiger partial charge in [-0.3, -0.25) is 0 Å². The second-order valence-corrected chi connectivity index (χ2v) is 5.63. The Morgan fingerprint density at radius 3 is 2.25 bits per heavy atom. The fraction of sp³-hybridized carbons (Fsp3) is 0.286. The lowest BCUT2D eigenvalue weighted by Crippen LogP contribution is -2.17. The van der Waals surface area contributed by atoms with Crippen LogP contribution in [0.15, 0.2) is 36.4 Å². The standard InChI is InChI=1S/C14H14F3NOS/c1-9-2-7-13(20-9)12(8-18)19-11-5-3-10(4-6-11)14(15,16)17/h2-7,12H,8,18H2,1H3. The highest BCUT2D eigenvalue weighted by Crippen LogP contribution is 2.32. The molecule has 1 aromatic heterocycles. The van der Waals surface area contributed by atoms with E-state index in [1.807, 2.05) is 19.1 Å². The highest BCUT2D eigenvalue weighted by atomic mass is 32.1. The van der Waals surface area contributed by atoms with Gasteiger partial charge in [0.05, 0.1) is 5.56 Å². The summed E-state index contributed by atoms with van der Waals surface area (Å²) >= 11 is 1.56. The minimum Gasteiger partial charge on any atom is -0.484 e. The van der Waals surface area contributed by atoms with E-state index in [4.69, 9.17) is 10.5 Å². The van der Waals surface area contributed by atoms with Crippen molar-refractivity contribution in [3.63, 3.8) is 0 Å². The van der Waals surface area contributed by atoms with Crippen molar-refractivity contribution in [2.24, 2.45) is 5.73 Å². The lowest BCUT2D eigenvalue weighted by Gasteiger charge is -2.16. The van der Waals surface area contributed by atoms with Crippen molar-refractivity contribution in [2.75, 3.05) is 6.54 Å². The van der Waals surface area contributed by atoms with Crippen LogP contribution in [-0.2, 0) is 6.18 Å². The summed E-state index contributed by atoms with van der Waals surface area (Å²) in [4.78, 5) is 2.10. The largest absolute Gasteiger partial charge is 0.484 e. The lowest BCUT2D eigenvalue weighted by molar-refractivity contribution is -0.137. The van der Waals surface area contributed by atoms with Gasteiger partial charge < -0.3 is 10.5 Å². The lowest BCUT2D eigenvalue weighted by atomic mass is 10.2. The third-order valence-corrected chi connectivity index (χ3v) is 3.85. The zero-order chi connectivity index (χ0) is 14.8. The number of halogens is 3. The van der Waals surface area contributed by atoms with Crippen molar-refractivity contribution >= 4 is 11.3 Å². The molecule has 0 fully saturated rings. The SMILES string of the molecule is Cc1ccc(C(CN)Oc2ccc(C(F)(F)F)cc2)s1. The number of hydrogen-bond acceptors (Lipinski definition) is 3. The molecule has 1 aromatic carbocycles. The Bertz CT molecular complexity index is 563. The van der Waals surface area contributed by atoms with Crippen LogP contribution in [0.3, 0.4) is 0 Å². The fourth-order valence-corrected chi connectivity index (χ4v) is 2.66. The maximum atomic E-state index is 12.5. The first-order chi connectivity index (χ1) is 9.40. The van der Waals surface area contributed by atoms with Crippen LogP contribution in [0.5, 0.6) is 5.75 Å². The first-order valence-corrected chi connectivity index (χ1v) is 6.82. The predicted octanol–water partition coefficient (Wildman–Crippen LogP) is 4.15. The molecule has 0 bridgehead atoms. The zero-order valence-electron chi connectivity index (χ0n) is 10.8. The smallest absolute Gasteiger partial charge is 0.416 e. The van der Waals surface area contributed by atoms with Gasteiger partial charge in [0, 0.05) is 16.3 Å². The highest BCUT2D eigenvalue weighted by molar-refractivity contribution is 7.12. The Labute approximate surface area is 119 Å². The predicted molar refractivity (Wildman–Crippen MR) is 72.9 cm³/mol. The second kappa shape index (κ2) is 5.85. The van der Waals surface area contributed by atoms with E-state index in [0.717, 1.165) is 21.9 Å². The average Bonchev–Trinajstić information content (AvgIpc) is 2.82. The first kappa shape index (κ1) is 14.9. The first-order valence-electron chi connectivity index (χ1n) is 6.00. The molecule has 2 aromatic rings. The number of aryl methyl sites for hydroxylation is 1. The van der Waals surface area contributed by atoms with E-state index in [-0.39, 0.29) is 12.6 Å². The molecule has 0 saturated carbocycles. The third kappa shape index (κ3) is 3.52. The van der Waals surface area contributed by atoms with Gasteiger partial charge in [0.1, 0.15) is 11.9 Å². The summed E-state index contributed by atoms with van der Waals surface area (Å²) in [7, 11) is 0. The number of hydrogen-bond donors (Lipinski definition) is 1. The van der Waals surface area contributed by atoms with Gasteiger partial charge in [0.25, 0.3) is 0 Å². The molecule has 0 spiro atoms. The molecule has 1 atom stereocenters. The topological polar surface area (TPSA) is 35.2 Å². The van der Waals surface area contributed by atoms with Crippen LogP contribution in [-0.4, -0.2) is 6.54 Å². The van der Waals surface area contributed by atoms with Gasteiger partial charge in [-0.05, 0) is 43.3 Å². The minimum atomic E-state index is -4.34. The number of thiophene rings is 1. The molecule has 0 radical (unpaired) electrons. The molecule has 0 aliphatic rings. The van der Waals surface area contributed by atoms with E-state index >= 15 is 0 Å². The van der Waals surface area contributed by atoms with Crippen LogP contribution in [0.2, 0.25) is 0 Å². The maximum Gasteiger partial charge on any atom is 0.416 e. The van der Waals surface area contributed by atoms with Crippen molar-refractivity contribution in [1.29, 1.82) is 0 Å². The molecule has 20 heavy (non-hydrogen) atoms. The molecule has 1 heterocycles. The number of benzene rings is 1. The van der Waals surface area contributed by atoms with Gasteiger partial charge in [0.2, 0.25) is 0 Å². The van der Waals surface area contributed by atoms with Crippen LogP contribution >= 0.6 is 11.3 Å². The van der Waals surface area contributed by atoms with E-state index in [1.54, 1.807) is 11.3 Å². The summed E-state index contributed by atoms with van der Waals surface area (Å²) in [6.45, 7) is 2.24. The molecule has 2 nitrogen and oxygen atoms in total. The monoisotopic (exact) mass is 301 g/mol. The summed E-state index contributed by atoms with van der Waals surface area (Å²) in [5.41, 5.74) is 4.97. The maximum absolute atomic E-state index is 12.5. The minimum absolute atomic E-state index is 0.265. The van der Waals surface area contributed by atoms with Crippen molar-refractivity contribution in [3.05, 3.63) is 51.7 Å². The fourth-order valence-electron chi connectivity index (χ4n) is 1.74. The van der Waals surface area contributed by atoms with Gasteiger partial charge in [-0.1, -0.05) is 0 Å². The molecule has 2 N–H and O–H groups in total. The molecular weight excluding hydrogens is 287 g/mol. The molecule has 0 aliphatic carbocycles. The second-order valence-electron chi connectivity index (χ2n) is 4.31. The Balaban J connectivity index is 2.12. The van der Waals surface area contributed by atoms with Crippen molar-refractivity contribution < 1.29 is 17.9 Å². The van der Waals surface area contributed by atoms with E-state index in [0.29, 0.717) is 5.75 Å². The summed E-state index contributed by atoms with van der Waals surface area (Å²) in [6, 6.07) is 8.50. The number of alkyl halides is 3. The quantitative estimate of drug-likeness (QED) is 0.920. The molecule has 2 rings (SSSR count). The third-order valence-electron chi connectivity index (χ3n) is 2.75. The van der Waals surface area contributed by atoms with Crippen molar-refractivity contribution in [1.82, 2.24) is 0 Å². The number of ether oxygens (including phenoxy) is 1. The summed E-state index contributed by atoms with van der Waals surface area (Å²) in [5.74, 6) is 0.375. The van der Waals surface area contributed by atoms with E-state index < -0.39 is 11.7 Å².